The van der Waals surface area contributed by atoms with Crippen molar-refractivity contribution in [2.75, 3.05) is 5.32 Å². The number of hydrogen-bond donors (Lipinski definition) is 2. The molecule has 26 heavy (non-hydrogen) atoms. The van der Waals surface area contributed by atoms with Crippen LogP contribution in [0.25, 0.3) is 0 Å². The largest absolute Gasteiger partial charge is 0.326 e. The van der Waals surface area contributed by atoms with E-state index in [9.17, 15) is 9.59 Å². The number of anilines is 1. The van der Waals surface area contributed by atoms with Crippen LogP contribution < -0.4 is 10.7 Å². The highest BCUT2D eigenvalue weighted by atomic mass is 32.1. The average Bonchev–Trinajstić information content (AvgIpc) is 3.08. The summed E-state index contributed by atoms with van der Waals surface area (Å²) in [7, 11) is 0. The van der Waals surface area contributed by atoms with Crippen LogP contribution in [0.4, 0.5) is 5.69 Å². The van der Waals surface area contributed by atoms with Crippen LogP contribution in [-0.2, 0) is 11.2 Å². The lowest BCUT2D eigenvalue weighted by atomic mass is 9.95. The second-order valence-corrected chi connectivity index (χ2v) is 8.07. The van der Waals surface area contributed by atoms with Gasteiger partial charge in [0, 0.05) is 21.4 Å². The lowest BCUT2D eigenvalue weighted by Crippen LogP contribution is -2.27. The Labute approximate surface area is 158 Å². The molecule has 0 radical (unpaired) electrons. The van der Waals surface area contributed by atoms with Crippen LogP contribution in [0.15, 0.2) is 40.8 Å². The maximum absolute atomic E-state index is 12.1. The molecule has 0 saturated heterocycles. The monoisotopic (exact) mass is 371 g/mol. The third-order valence-corrected chi connectivity index (χ3v) is 4.91. The molecule has 1 aromatic carbocycles. The highest BCUT2D eigenvalue weighted by Crippen LogP contribution is 2.18. The van der Waals surface area contributed by atoms with Crippen molar-refractivity contribution < 1.29 is 9.59 Å². The molecule has 5 nitrogen and oxygen atoms in total. The summed E-state index contributed by atoms with van der Waals surface area (Å²) < 4.78 is 0. The Bertz CT molecular complexity index is 814. The van der Waals surface area contributed by atoms with Crippen molar-refractivity contribution in [2.24, 2.45) is 10.5 Å². The van der Waals surface area contributed by atoms with Gasteiger partial charge in [0.25, 0.3) is 5.91 Å². The summed E-state index contributed by atoms with van der Waals surface area (Å²) in [5, 5.41) is 8.89. The maximum atomic E-state index is 12.1. The third-order valence-electron chi connectivity index (χ3n) is 3.83. The number of benzene rings is 1. The Morgan fingerprint density at radius 1 is 1.12 bits per heavy atom. The average molecular weight is 372 g/mol. The first-order valence-electron chi connectivity index (χ1n) is 8.54. The van der Waals surface area contributed by atoms with E-state index in [4.69, 9.17) is 0 Å². The van der Waals surface area contributed by atoms with E-state index in [2.05, 4.69) is 22.8 Å². The van der Waals surface area contributed by atoms with Gasteiger partial charge in [-0.15, -0.1) is 11.3 Å². The lowest BCUT2D eigenvalue weighted by molar-refractivity contribution is -0.123. The van der Waals surface area contributed by atoms with E-state index in [1.54, 1.807) is 11.3 Å². The molecule has 2 rings (SSSR count). The van der Waals surface area contributed by atoms with Crippen molar-refractivity contribution in [3.05, 3.63) is 51.7 Å². The number of hydrogen-bond acceptors (Lipinski definition) is 4. The first-order chi connectivity index (χ1) is 12.2. The predicted octanol–water partition coefficient (Wildman–Crippen LogP) is 4.45. The van der Waals surface area contributed by atoms with Crippen LogP contribution in [0, 0.1) is 5.41 Å². The van der Waals surface area contributed by atoms with Gasteiger partial charge in [-0.3, -0.25) is 9.59 Å². The Morgan fingerprint density at radius 3 is 2.31 bits per heavy atom. The fourth-order valence-corrected chi connectivity index (χ4v) is 2.88. The number of rotatable bonds is 5. The lowest BCUT2D eigenvalue weighted by Gasteiger charge is -2.17. The van der Waals surface area contributed by atoms with Crippen LogP contribution in [0.1, 0.15) is 55.4 Å². The van der Waals surface area contributed by atoms with Crippen molar-refractivity contribution in [1.29, 1.82) is 0 Å². The molecule has 0 bridgehead atoms. The van der Waals surface area contributed by atoms with Gasteiger partial charge in [0.2, 0.25) is 5.91 Å². The predicted molar refractivity (Wildman–Crippen MR) is 108 cm³/mol. The normalized spacial score (nSPS) is 12.0. The second-order valence-electron chi connectivity index (χ2n) is 7.07. The first-order valence-corrected chi connectivity index (χ1v) is 9.42. The minimum atomic E-state index is -0.445. The Morgan fingerprint density at radius 2 is 1.77 bits per heavy atom. The van der Waals surface area contributed by atoms with E-state index in [1.807, 2.05) is 63.4 Å². The van der Waals surface area contributed by atoms with Crippen LogP contribution >= 0.6 is 11.3 Å². The van der Waals surface area contributed by atoms with Crippen molar-refractivity contribution in [2.45, 2.75) is 41.0 Å². The topological polar surface area (TPSA) is 70.6 Å². The van der Waals surface area contributed by atoms with Gasteiger partial charge < -0.3 is 5.32 Å². The number of thiophene rings is 1. The number of nitrogens with zero attached hydrogens (tertiary/aromatic N) is 1. The molecule has 2 amide bonds. The summed E-state index contributed by atoms with van der Waals surface area (Å²) in [5.41, 5.74) is 5.07. The van der Waals surface area contributed by atoms with Gasteiger partial charge in [0.1, 0.15) is 0 Å². The summed E-state index contributed by atoms with van der Waals surface area (Å²) in [6, 6.07) is 9.27. The molecule has 2 N–H and O–H groups in total. The van der Waals surface area contributed by atoms with E-state index in [1.165, 1.54) is 4.88 Å². The smallest absolute Gasteiger partial charge is 0.272 e. The van der Waals surface area contributed by atoms with Crippen molar-refractivity contribution >= 4 is 34.6 Å². The molecule has 0 aliphatic carbocycles. The zero-order valence-electron chi connectivity index (χ0n) is 15.8. The van der Waals surface area contributed by atoms with Crippen LogP contribution in [0.2, 0.25) is 0 Å². The van der Waals surface area contributed by atoms with Gasteiger partial charge in [-0.25, -0.2) is 5.43 Å². The number of hydrazone groups is 1. The van der Waals surface area contributed by atoms with Crippen molar-refractivity contribution in [3.8, 4) is 0 Å². The SMILES string of the molecule is CCc1cc(C(=O)NN=C(C)c2ccc(NC(=O)C(C)(C)C)cc2)cs1. The van der Waals surface area contributed by atoms with Crippen LogP contribution in [0.3, 0.4) is 0 Å². The fourth-order valence-electron chi connectivity index (χ4n) is 2.06. The highest BCUT2D eigenvalue weighted by Gasteiger charge is 2.21. The van der Waals surface area contributed by atoms with Crippen molar-refractivity contribution in [3.63, 3.8) is 0 Å². The zero-order chi connectivity index (χ0) is 19.3. The number of aryl methyl sites for hydroxylation is 1. The summed E-state index contributed by atoms with van der Waals surface area (Å²) in [5.74, 6) is -0.250. The highest BCUT2D eigenvalue weighted by molar-refractivity contribution is 7.10. The van der Waals surface area contributed by atoms with Gasteiger partial charge >= 0.3 is 0 Å². The van der Waals surface area contributed by atoms with Crippen molar-refractivity contribution in [1.82, 2.24) is 5.43 Å². The fraction of sp³-hybridized carbons (Fsp3) is 0.350. The van der Waals surface area contributed by atoms with E-state index in [0.29, 0.717) is 11.3 Å². The van der Waals surface area contributed by atoms with Gasteiger partial charge in [0.15, 0.2) is 0 Å². The minimum Gasteiger partial charge on any atom is -0.326 e. The molecule has 0 aliphatic heterocycles. The molecule has 1 heterocycles. The maximum Gasteiger partial charge on any atom is 0.272 e. The molecule has 0 spiro atoms. The number of carbonyl (C=O) groups is 2. The Balaban J connectivity index is 2.00. The number of carbonyl (C=O) groups excluding carboxylic acids is 2. The molecule has 0 atom stereocenters. The second kappa shape index (κ2) is 8.27. The van der Waals surface area contributed by atoms with Crippen LogP contribution in [-0.4, -0.2) is 17.5 Å². The van der Waals surface area contributed by atoms with Gasteiger partial charge in [0.05, 0.1) is 11.3 Å². The zero-order valence-corrected chi connectivity index (χ0v) is 16.7. The summed E-state index contributed by atoms with van der Waals surface area (Å²) >= 11 is 1.57. The molecule has 0 aliphatic rings. The first kappa shape index (κ1) is 19.8. The molecule has 1 aromatic heterocycles. The molecular formula is C20H25N3O2S. The third kappa shape index (κ3) is 5.26. The Kier molecular flexibility index (Phi) is 6.32. The van der Waals surface area contributed by atoms with Gasteiger partial charge in [-0.1, -0.05) is 39.8 Å². The van der Waals surface area contributed by atoms with E-state index in [0.717, 1.165) is 17.7 Å². The molecule has 0 unspecified atom stereocenters. The van der Waals surface area contributed by atoms with E-state index < -0.39 is 5.41 Å². The van der Waals surface area contributed by atoms with Gasteiger partial charge in [-0.2, -0.15) is 5.10 Å². The summed E-state index contributed by atoms with van der Waals surface area (Å²) in [6.07, 6.45) is 0.915. The molecule has 2 aromatic rings. The Hall–Kier alpha value is -2.47. The minimum absolute atomic E-state index is 0.0369. The molecule has 0 fully saturated rings. The van der Waals surface area contributed by atoms with Crippen LogP contribution in [0.5, 0.6) is 0 Å². The number of nitrogens with one attached hydrogen (secondary N) is 2. The molecule has 0 saturated carbocycles. The van der Waals surface area contributed by atoms with E-state index >= 15 is 0 Å². The number of amides is 2. The standard InChI is InChI=1S/C20H25N3O2S/c1-6-17-11-15(12-26-17)18(24)23-22-13(2)14-7-9-16(10-8-14)21-19(25)20(3,4)5/h7-12H,6H2,1-5H3,(H,21,25)(H,23,24). The summed E-state index contributed by atoms with van der Waals surface area (Å²) in [4.78, 5) is 25.3. The molecule has 138 valence electrons. The van der Waals surface area contributed by atoms with E-state index in [-0.39, 0.29) is 11.8 Å². The summed E-state index contributed by atoms with van der Waals surface area (Å²) in [6.45, 7) is 9.49. The van der Waals surface area contributed by atoms with Gasteiger partial charge in [-0.05, 0) is 37.1 Å². The quantitative estimate of drug-likeness (QED) is 0.602. The molecule has 6 heteroatoms. The molecular weight excluding hydrogens is 346 g/mol.